The molecule has 0 radical (unpaired) electrons. The molecule has 0 aliphatic carbocycles. The summed E-state index contributed by atoms with van der Waals surface area (Å²) in [6.07, 6.45) is 0. The van der Waals surface area contributed by atoms with Crippen LogP contribution in [0.5, 0.6) is 11.5 Å². The molecular weight excluding hydrogens is 379 g/mol. The SMILES string of the molecule is BrCc1ccccc1Oc1ccccc1I. The highest BCUT2D eigenvalue weighted by atomic mass is 127. The van der Waals surface area contributed by atoms with E-state index in [1.807, 2.05) is 42.5 Å². The van der Waals surface area contributed by atoms with Crippen molar-refractivity contribution in [3.8, 4) is 11.5 Å². The molecule has 0 aliphatic rings. The quantitative estimate of drug-likeness (QED) is 0.532. The summed E-state index contributed by atoms with van der Waals surface area (Å²) < 4.78 is 7.01. The van der Waals surface area contributed by atoms with E-state index in [9.17, 15) is 0 Å². The smallest absolute Gasteiger partial charge is 0.140 e. The number of hydrogen-bond acceptors (Lipinski definition) is 1. The zero-order valence-corrected chi connectivity index (χ0v) is 12.2. The van der Waals surface area contributed by atoms with E-state index >= 15 is 0 Å². The summed E-state index contributed by atoms with van der Waals surface area (Å²) in [5.41, 5.74) is 1.15. The largest absolute Gasteiger partial charge is 0.456 e. The van der Waals surface area contributed by atoms with Gasteiger partial charge in [0.25, 0.3) is 0 Å². The molecule has 0 aromatic heterocycles. The molecule has 0 fully saturated rings. The third-order valence-corrected chi connectivity index (χ3v) is 3.67. The molecule has 0 unspecified atom stereocenters. The van der Waals surface area contributed by atoms with Crippen molar-refractivity contribution in [3.63, 3.8) is 0 Å². The molecular formula is C13H10BrIO. The Hall–Kier alpha value is -0.550. The number of para-hydroxylation sites is 2. The van der Waals surface area contributed by atoms with Crippen LogP contribution in [0.1, 0.15) is 5.56 Å². The Bertz CT molecular complexity index is 485. The molecule has 0 aliphatic heterocycles. The molecule has 0 atom stereocenters. The molecule has 0 heterocycles. The van der Waals surface area contributed by atoms with Crippen LogP contribution in [-0.2, 0) is 5.33 Å². The Labute approximate surface area is 117 Å². The van der Waals surface area contributed by atoms with Crippen molar-refractivity contribution in [3.05, 3.63) is 57.7 Å². The average molecular weight is 389 g/mol. The molecule has 2 rings (SSSR count). The molecule has 0 spiro atoms. The van der Waals surface area contributed by atoms with E-state index in [2.05, 4.69) is 44.6 Å². The highest BCUT2D eigenvalue weighted by Crippen LogP contribution is 2.29. The maximum absolute atomic E-state index is 5.89. The Kier molecular flexibility index (Phi) is 4.23. The van der Waals surface area contributed by atoms with E-state index < -0.39 is 0 Å². The van der Waals surface area contributed by atoms with Gasteiger partial charge < -0.3 is 4.74 Å². The van der Waals surface area contributed by atoms with Crippen molar-refractivity contribution in [1.82, 2.24) is 0 Å². The normalized spacial score (nSPS) is 10.1. The lowest BCUT2D eigenvalue weighted by Crippen LogP contribution is -1.90. The number of rotatable bonds is 3. The zero-order valence-electron chi connectivity index (χ0n) is 8.49. The number of halogens is 2. The van der Waals surface area contributed by atoms with Crippen LogP contribution in [0.3, 0.4) is 0 Å². The van der Waals surface area contributed by atoms with E-state index in [-0.39, 0.29) is 0 Å². The van der Waals surface area contributed by atoms with Gasteiger partial charge in [-0.3, -0.25) is 0 Å². The van der Waals surface area contributed by atoms with Gasteiger partial charge in [0.05, 0.1) is 3.57 Å². The minimum atomic E-state index is 0.798. The molecule has 82 valence electrons. The van der Waals surface area contributed by atoms with Gasteiger partial charge in [0.2, 0.25) is 0 Å². The van der Waals surface area contributed by atoms with Crippen LogP contribution in [-0.4, -0.2) is 0 Å². The highest BCUT2D eigenvalue weighted by molar-refractivity contribution is 14.1. The first-order valence-corrected chi connectivity index (χ1v) is 7.07. The van der Waals surface area contributed by atoms with Crippen molar-refractivity contribution in [2.45, 2.75) is 5.33 Å². The first-order chi connectivity index (χ1) is 7.81. The molecule has 2 aromatic rings. The van der Waals surface area contributed by atoms with Crippen LogP contribution in [0.15, 0.2) is 48.5 Å². The van der Waals surface area contributed by atoms with Gasteiger partial charge >= 0.3 is 0 Å². The number of benzene rings is 2. The zero-order chi connectivity index (χ0) is 11.4. The summed E-state index contributed by atoms with van der Waals surface area (Å²) in [5, 5.41) is 0.798. The molecule has 0 saturated heterocycles. The van der Waals surface area contributed by atoms with Crippen LogP contribution >= 0.6 is 38.5 Å². The van der Waals surface area contributed by atoms with E-state index in [0.717, 1.165) is 26.0 Å². The summed E-state index contributed by atoms with van der Waals surface area (Å²) in [5.74, 6) is 1.81. The third-order valence-electron chi connectivity index (χ3n) is 2.17. The molecule has 3 heteroatoms. The van der Waals surface area contributed by atoms with Gasteiger partial charge in [-0.15, -0.1) is 0 Å². The van der Waals surface area contributed by atoms with E-state index in [4.69, 9.17) is 4.74 Å². The molecule has 0 amide bonds. The van der Waals surface area contributed by atoms with Crippen LogP contribution in [0.2, 0.25) is 0 Å². The predicted molar refractivity (Wildman–Crippen MR) is 78.3 cm³/mol. The topological polar surface area (TPSA) is 9.23 Å². The van der Waals surface area contributed by atoms with Crippen molar-refractivity contribution in [2.24, 2.45) is 0 Å². The van der Waals surface area contributed by atoms with Crippen molar-refractivity contribution >= 4 is 38.5 Å². The van der Waals surface area contributed by atoms with E-state index in [0.29, 0.717) is 0 Å². The van der Waals surface area contributed by atoms with Gasteiger partial charge in [0, 0.05) is 10.9 Å². The molecule has 0 bridgehead atoms. The van der Waals surface area contributed by atoms with E-state index in [1.54, 1.807) is 0 Å². The summed E-state index contributed by atoms with van der Waals surface area (Å²) in [7, 11) is 0. The predicted octanol–water partition coefficient (Wildman–Crippen LogP) is 4.98. The Morgan fingerprint density at radius 3 is 2.25 bits per heavy atom. The minimum absolute atomic E-state index is 0.798. The molecule has 2 aromatic carbocycles. The fourth-order valence-electron chi connectivity index (χ4n) is 1.36. The monoisotopic (exact) mass is 388 g/mol. The fraction of sp³-hybridized carbons (Fsp3) is 0.0769. The Balaban J connectivity index is 2.30. The highest BCUT2D eigenvalue weighted by Gasteiger charge is 2.05. The minimum Gasteiger partial charge on any atom is -0.456 e. The summed E-state index contributed by atoms with van der Waals surface area (Å²) in [6.45, 7) is 0. The summed E-state index contributed by atoms with van der Waals surface area (Å²) in [6, 6.07) is 16.0. The van der Waals surface area contributed by atoms with Crippen LogP contribution in [0, 0.1) is 3.57 Å². The summed E-state index contributed by atoms with van der Waals surface area (Å²) in [4.78, 5) is 0. The van der Waals surface area contributed by atoms with Gasteiger partial charge in [-0.1, -0.05) is 46.3 Å². The Morgan fingerprint density at radius 2 is 1.56 bits per heavy atom. The lowest BCUT2D eigenvalue weighted by atomic mass is 10.2. The standard InChI is InChI=1S/C13H10BrIO/c14-9-10-5-1-3-7-12(10)16-13-8-4-2-6-11(13)15/h1-8H,9H2. The van der Waals surface area contributed by atoms with Gasteiger partial charge in [0.1, 0.15) is 11.5 Å². The van der Waals surface area contributed by atoms with Crippen LogP contribution in [0.25, 0.3) is 0 Å². The first kappa shape index (κ1) is 11.9. The molecule has 0 N–H and O–H groups in total. The third kappa shape index (κ3) is 2.77. The number of alkyl halides is 1. The maximum atomic E-state index is 5.89. The molecule has 16 heavy (non-hydrogen) atoms. The summed E-state index contributed by atoms with van der Waals surface area (Å²) >= 11 is 5.73. The average Bonchev–Trinajstić information content (AvgIpc) is 2.33. The second-order valence-electron chi connectivity index (χ2n) is 3.27. The number of ether oxygens (including phenoxy) is 1. The Morgan fingerprint density at radius 1 is 0.938 bits per heavy atom. The van der Waals surface area contributed by atoms with Gasteiger partial charge in [0.15, 0.2) is 0 Å². The van der Waals surface area contributed by atoms with Crippen molar-refractivity contribution < 1.29 is 4.74 Å². The van der Waals surface area contributed by atoms with Crippen molar-refractivity contribution in [2.75, 3.05) is 0 Å². The van der Waals surface area contributed by atoms with Crippen LogP contribution in [0.4, 0.5) is 0 Å². The van der Waals surface area contributed by atoms with Gasteiger partial charge in [-0.25, -0.2) is 0 Å². The van der Waals surface area contributed by atoms with Crippen molar-refractivity contribution in [1.29, 1.82) is 0 Å². The lowest BCUT2D eigenvalue weighted by molar-refractivity contribution is 0.475. The van der Waals surface area contributed by atoms with E-state index in [1.165, 1.54) is 0 Å². The molecule has 0 saturated carbocycles. The lowest BCUT2D eigenvalue weighted by Gasteiger charge is -2.10. The second kappa shape index (κ2) is 5.68. The second-order valence-corrected chi connectivity index (χ2v) is 5.00. The van der Waals surface area contributed by atoms with Gasteiger partial charge in [-0.2, -0.15) is 0 Å². The number of hydrogen-bond donors (Lipinski definition) is 0. The van der Waals surface area contributed by atoms with Crippen LogP contribution < -0.4 is 4.74 Å². The molecule has 1 nitrogen and oxygen atoms in total. The fourth-order valence-corrected chi connectivity index (χ4v) is 2.32. The van der Waals surface area contributed by atoms with Gasteiger partial charge in [-0.05, 0) is 40.8 Å². The maximum Gasteiger partial charge on any atom is 0.140 e. The first-order valence-electron chi connectivity index (χ1n) is 4.87.